The van der Waals surface area contributed by atoms with E-state index in [4.69, 9.17) is 0 Å². The average molecular weight is 333 g/mol. The van der Waals surface area contributed by atoms with Crippen molar-refractivity contribution in [2.24, 2.45) is 0 Å². The number of aryl methyl sites for hydroxylation is 1. The van der Waals surface area contributed by atoms with Gasteiger partial charge in [0.1, 0.15) is 5.82 Å². The van der Waals surface area contributed by atoms with Crippen molar-refractivity contribution < 1.29 is 4.39 Å². The molecule has 0 saturated carbocycles. The number of hydrogen-bond donors (Lipinski definition) is 0. The van der Waals surface area contributed by atoms with Crippen LogP contribution in [-0.2, 0) is 6.42 Å². The summed E-state index contributed by atoms with van der Waals surface area (Å²) < 4.78 is 13.5. The third-order valence-corrected chi connectivity index (χ3v) is 5.43. The van der Waals surface area contributed by atoms with E-state index in [0.717, 1.165) is 30.5 Å². The van der Waals surface area contributed by atoms with Gasteiger partial charge in [-0.3, -0.25) is 4.90 Å². The summed E-state index contributed by atoms with van der Waals surface area (Å²) in [7, 11) is 0. The molecule has 0 atom stereocenters. The summed E-state index contributed by atoms with van der Waals surface area (Å²) in [6.45, 7) is 7.34. The highest BCUT2D eigenvalue weighted by atomic mass is 19.1. The molecule has 1 aliphatic carbocycles. The number of nitrogens with zero attached hydrogens (tertiary/aromatic N) is 1. The molecule has 2 aromatic carbocycles. The molecule has 0 radical (unpaired) electrons. The highest BCUT2D eigenvalue weighted by molar-refractivity contribution is 5.86. The van der Waals surface area contributed by atoms with E-state index in [-0.39, 0.29) is 5.82 Å². The van der Waals surface area contributed by atoms with Gasteiger partial charge in [0.15, 0.2) is 0 Å². The highest BCUT2D eigenvalue weighted by Crippen LogP contribution is 2.37. The largest absolute Gasteiger partial charge is 0.299 e. The van der Waals surface area contributed by atoms with Gasteiger partial charge in [-0.05, 0) is 90.4 Å². The average Bonchev–Trinajstić information content (AvgIpc) is 3.15. The van der Waals surface area contributed by atoms with Gasteiger partial charge in [-0.1, -0.05) is 36.9 Å². The topological polar surface area (TPSA) is 3.24 Å². The van der Waals surface area contributed by atoms with Gasteiger partial charge < -0.3 is 0 Å². The van der Waals surface area contributed by atoms with Gasteiger partial charge in [0.25, 0.3) is 0 Å². The van der Waals surface area contributed by atoms with Gasteiger partial charge in [0, 0.05) is 6.54 Å². The van der Waals surface area contributed by atoms with Crippen LogP contribution in [0.1, 0.15) is 41.5 Å². The van der Waals surface area contributed by atoms with Crippen LogP contribution in [0, 0.1) is 5.82 Å². The predicted octanol–water partition coefficient (Wildman–Crippen LogP) is 5.31. The smallest absolute Gasteiger partial charge is 0.123 e. The Kier molecular flexibility index (Phi) is 4.54. The molecule has 0 spiro atoms. The predicted molar refractivity (Wildman–Crippen MR) is 103 cm³/mol. The Morgan fingerprint density at radius 1 is 1.00 bits per heavy atom. The molecule has 2 heteroatoms. The standard InChI is InChI=1S/C23H24FN/c1-2-17-5-6-18-7-8-20(16-25-13-3-4-14-25)23(22(18)15-17)19-9-11-21(24)12-10-19/h2,5-6,9-12,15H,1,3-4,7-8,13-14,16H2. The zero-order chi connectivity index (χ0) is 17.2. The van der Waals surface area contributed by atoms with Crippen molar-refractivity contribution in [3.8, 4) is 0 Å². The van der Waals surface area contributed by atoms with Crippen LogP contribution in [-0.4, -0.2) is 24.5 Å². The molecule has 0 aromatic heterocycles. The normalized spacial score (nSPS) is 17.6. The van der Waals surface area contributed by atoms with E-state index in [1.807, 2.05) is 18.2 Å². The maximum Gasteiger partial charge on any atom is 0.123 e. The van der Waals surface area contributed by atoms with Gasteiger partial charge in [-0.2, -0.15) is 0 Å². The first-order valence-corrected chi connectivity index (χ1v) is 9.20. The molecular weight excluding hydrogens is 309 g/mol. The maximum atomic E-state index is 13.5. The Hall–Kier alpha value is -2.19. The molecule has 1 nitrogen and oxygen atoms in total. The van der Waals surface area contributed by atoms with E-state index in [1.54, 1.807) is 12.1 Å². The first-order chi connectivity index (χ1) is 12.2. The van der Waals surface area contributed by atoms with Crippen molar-refractivity contribution >= 4 is 11.6 Å². The molecule has 0 bridgehead atoms. The lowest BCUT2D eigenvalue weighted by molar-refractivity contribution is 0.364. The Labute approximate surface area is 149 Å². The van der Waals surface area contributed by atoms with E-state index in [1.165, 1.54) is 48.2 Å². The van der Waals surface area contributed by atoms with E-state index < -0.39 is 0 Å². The molecule has 1 saturated heterocycles. The lowest BCUT2D eigenvalue weighted by atomic mass is 9.81. The van der Waals surface area contributed by atoms with Crippen molar-refractivity contribution in [2.75, 3.05) is 19.6 Å². The van der Waals surface area contributed by atoms with E-state index in [0.29, 0.717) is 0 Å². The first kappa shape index (κ1) is 16.3. The van der Waals surface area contributed by atoms with Crippen LogP contribution >= 0.6 is 0 Å². The third kappa shape index (κ3) is 3.32. The summed E-state index contributed by atoms with van der Waals surface area (Å²) in [6, 6.07) is 13.6. The van der Waals surface area contributed by atoms with Crippen molar-refractivity contribution in [3.05, 3.63) is 82.7 Å². The van der Waals surface area contributed by atoms with E-state index in [9.17, 15) is 4.39 Å². The highest BCUT2D eigenvalue weighted by Gasteiger charge is 2.23. The summed E-state index contributed by atoms with van der Waals surface area (Å²) in [5.74, 6) is -0.179. The number of benzene rings is 2. The molecule has 2 aromatic rings. The quantitative estimate of drug-likeness (QED) is 0.732. The van der Waals surface area contributed by atoms with Crippen molar-refractivity contribution in [2.45, 2.75) is 25.7 Å². The van der Waals surface area contributed by atoms with Crippen LogP contribution in [0.3, 0.4) is 0 Å². The first-order valence-electron chi connectivity index (χ1n) is 9.20. The Balaban J connectivity index is 1.83. The van der Waals surface area contributed by atoms with Gasteiger partial charge in [0.05, 0.1) is 0 Å². The zero-order valence-corrected chi connectivity index (χ0v) is 14.6. The van der Waals surface area contributed by atoms with Crippen LogP contribution in [0.5, 0.6) is 0 Å². The molecule has 0 unspecified atom stereocenters. The van der Waals surface area contributed by atoms with Crippen LogP contribution < -0.4 is 0 Å². The van der Waals surface area contributed by atoms with Gasteiger partial charge in [-0.25, -0.2) is 4.39 Å². The van der Waals surface area contributed by atoms with Crippen molar-refractivity contribution in [3.63, 3.8) is 0 Å². The van der Waals surface area contributed by atoms with E-state index >= 15 is 0 Å². The van der Waals surface area contributed by atoms with Gasteiger partial charge in [-0.15, -0.1) is 0 Å². The molecule has 25 heavy (non-hydrogen) atoms. The fourth-order valence-corrected chi connectivity index (χ4v) is 4.12. The molecule has 1 heterocycles. The molecule has 128 valence electrons. The number of halogens is 1. The van der Waals surface area contributed by atoms with Crippen LogP contribution in [0.15, 0.2) is 54.6 Å². The molecule has 1 aliphatic heterocycles. The second kappa shape index (κ2) is 6.97. The minimum atomic E-state index is -0.179. The van der Waals surface area contributed by atoms with Crippen molar-refractivity contribution in [1.82, 2.24) is 4.90 Å². The number of fused-ring (bicyclic) bond motifs is 1. The Morgan fingerprint density at radius 2 is 1.76 bits per heavy atom. The molecular formula is C23H24FN. The number of rotatable bonds is 4. The molecule has 0 N–H and O–H groups in total. The number of likely N-dealkylation sites (tertiary alicyclic amines) is 1. The van der Waals surface area contributed by atoms with Gasteiger partial charge >= 0.3 is 0 Å². The fourth-order valence-electron chi connectivity index (χ4n) is 4.12. The summed E-state index contributed by atoms with van der Waals surface area (Å²) in [5.41, 5.74) is 7.73. The van der Waals surface area contributed by atoms with Crippen LogP contribution in [0.4, 0.5) is 4.39 Å². The SMILES string of the molecule is C=Cc1ccc2c(c1)C(c1ccc(F)cc1)=C(CN1CCCC1)CC2. The second-order valence-electron chi connectivity index (χ2n) is 7.09. The van der Waals surface area contributed by atoms with Crippen LogP contribution in [0.2, 0.25) is 0 Å². The minimum absolute atomic E-state index is 0.179. The lowest BCUT2D eigenvalue weighted by Gasteiger charge is -2.27. The summed E-state index contributed by atoms with van der Waals surface area (Å²) in [6.07, 6.45) is 6.67. The van der Waals surface area contributed by atoms with Gasteiger partial charge in [0.2, 0.25) is 0 Å². The van der Waals surface area contributed by atoms with Crippen molar-refractivity contribution in [1.29, 1.82) is 0 Å². The van der Waals surface area contributed by atoms with E-state index in [2.05, 4.69) is 29.7 Å². The third-order valence-electron chi connectivity index (χ3n) is 5.43. The summed E-state index contributed by atoms with van der Waals surface area (Å²) in [4.78, 5) is 2.56. The summed E-state index contributed by atoms with van der Waals surface area (Å²) >= 11 is 0. The Bertz CT molecular complexity index is 810. The molecule has 0 amide bonds. The summed E-state index contributed by atoms with van der Waals surface area (Å²) in [5, 5.41) is 0. The zero-order valence-electron chi connectivity index (χ0n) is 14.6. The van der Waals surface area contributed by atoms with Crippen LogP contribution in [0.25, 0.3) is 11.6 Å². The second-order valence-corrected chi connectivity index (χ2v) is 7.09. The molecule has 2 aliphatic rings. The monoisotopic (exact) mass is 333 g/mol. The molecule has 4 rings (SSSR count). The minimum Gasteiger partial charge on any atom is -0.299 e. The number of hydrogen-bond acceptors (Lipinski definition) is 1. The molecule has 1 fully saturated rings. The fraction of sp³-hybridized carbons (Fsp3) is 0.304. The lowest BCUT2D eigenvalue weighted by Crippen LogP contribution is -2.24. The Morgan fingerprint density at radius 3 is 2.48 bits per heavy atom. The maximum absolute atomic E-state index is 13.5.